The third kappa shape index (κ3) is 3.52. The lowest BCUT2D eigenvalue weighted by atomic mass is 10.2. The summed E-state index contributed by atoms with van der Waals surface area (Å²) in [6, 6.07) is 3.71. The van der Waals surface area contributed by atoms with Crippen molar-refractivity contribution in [3.05, 3.63) is 33.9 Å². The Balaban J connectivity index is 3.08. The number of nitro benzene ring substituents is 1. The van der Waals surface area contributed by atoms with Gasteiger partial charge in [-0.05, 0) is 13.0 Å². The van der Waals surface area contributed by atoms with Crippen LogP contribution < -0.4 is 10.3 Å². The molecule has 1 amide bonds. The second-order valence-electron chi connectivity index (χ2n) is 4.41. The van der Waals surface area contributed by atoms with Crippen LogP contribution in [0.3, 0.4) is 0 Å². The van der Waals surface area contributed by atoms with Gasteiger partial charge in [-0.3, -0.25) is 20.3 Å². The molecule has 1 rings (SSSR count). The number of rotatable bonds is 5. The molecule has 110 valence electrons. The Kier molecular flexibility index (Phi) is 4.79. The number of nitrogens with zero attached hydrogens (tertiary/aromatic N) is 1. The maximum Gasteiger partial charge on any atom is 0.273 e. The van der Waals surface area contributed by atoms with Crippen molar-refractivity contribution in [3.8, 4) is 0 Å². The standard InChI is InChI=1S/C11H15N3O5S/c1-7(2)11(15)12-13-20(18,19)10-6-4-5-9(8(10)3)14(16)17/h4-7,13H,1-3H3,(H,12,15). The molecule has 1 aromatic rings. The van der Waals surface area contributed by atoms with Crippen molar-refractivity contribution in [2.45, 2.75) is 25.7 Å². The molecular weight excluding hydrogens is 286 g/mol. The number of hydrazine groups is 1. The van der Waals surface area contributed by atoms with E-state index in [4.69, 9.17) is 0 Å². The fourth-order valence-corrected chi connectivity index (χ4v) is 2.52. The number of carbonyl (C=O) groups excluding carboxylic acids is 1. The minimum atomic E-state index is -4.06. The molecule has 0 aliphatic rings. The molecule has 0 unspecified atom stereocenters. The predicted octanol–water partition coefficient (Wildman–Crippen LogP) is 0.869. The molecule has 9 heteroatoms. The Labute approximate surface area is 116 Å². The second kappa shape index (κ2) is 5.97. The zero-order valence-electron chi connectivity index (χ0n) is 11.2. The number of amides is 1. The van der Waals surface area contributed by atoms with Crippen LogP contribution >= 0.6 is 0 Å². The van der Waals surface area contributed by atoms with E-state index in [0.717, 1.165) is 0 Å². The molecule has 0 saturated carbocycles. The number of benzene rings is 1. The van der Waals surface area contributed by atoms with Gasteiger partial charge in [0.05, 0.1) is 9.82 Å². The van der Waals surface area contributed by atoms with Crippen LogP contribution in [0.1, 0.15) is 19.4 Å². The highest BCUT2D eigenvalue weighted by atomic mass is 32.2. The normalized spacial score (nSPS) is 11.4. The number of hydrogen-bond acceptors (Lipinski definition) is 5. The monoisotopic (exact) mass is 301 g/mol. The first-order chi connectivity index (χ1) is 9.16. The van der Waals surface area contributed by atoms with E-state index in [0.29, 0.717) is 0 Å². The van der Waals surface area contributed by atoms with Crippen LogP contribution in [0, 0.1) is 23.0 Å². The molecule has 0 aliphatic heterocycles. The molecule has 8 nitrogen and oxygen atoms in total. The molecule has 0 aliphatic carbocycles. The van der Waals surface area contributed by atoms with Gasteiger partial charge in [0, 0.05) is 17.5 Å². The Hall–Kier alpha value is -2.00. The minimum Gasteiger partial charge on any atom is -0.277 e. The minimum absolute atomic E-state index is 0.00351. The molecule has 20 heavy (non-hydrogen) atoms. The lowest BCUT2D eigenvalue weighted by Crippen LogP contribution is -2.43. The summed E-state index contributed by atoms with van der Waals surface area (Å²) in [5, 5.41) is 10.8. The fraction of sp³-hybridized carbons (Fsp3) is 0.364. The predicted molar refractivity (Wildman–Crippen MR) is 71.1 cm³/mol. The fourth-order valence-electron chi connectivity index (χ4n) is 1.41. The summed E-state index contributed by atoms with van der Waals surface area (Å²) in [4.78, 5) is 23.1. The molecule has 2 N–H and O–H groups in total. The van der Waals surface area contributed by atoms with Crippen LogP contribution in [-0.4, -0.2) is 19.2 Å². The molecule has 1 aromatic carbocycles. The van der Waals surface area contributed by atoms with E-state index in [-0.39, 0.29) is 16.1 Å². The van der Waals surface area contributed by atoms with Gasteiger partial charge in [-0.1, -0.05) is 19.9 Å². The molecule has 0 saturated heterocycles. The van der Waals surface area contributed by atoms with E-state index in [1.807, 2.05) is 4.83 Å². The van der Waals surface area contributed by atoms with Crippen LogP contribution in [0.15, 0.2) is 23.1 Å². The largest absolute Gasteiger partial charge is 0.277 e. The average molecular weight is 301 g/mol. The maximum atomic E-state index is 12.0. The van der Waals surface area contributed by atoms with E-state index >= 15 is 0 Å². The Morgan fingerprint density at radius 2 is 1.95 bits per heavy atom. The van der Waals surface area contributed by atoms with E-state index in [9.17, 15) is 23.3 Å². The van der Waals surface area contributed by atoms with Gasteiger partial charge < -0.3 is 0 Å². The first-order valence-corrected chi connectivity index (χ1v) is 7.21. The molecule has 0 fully saturated rings. The Bertz CT molecular complexity index is 639. The highest BCUT2D eigenvalue weighted by Gasteiger charge is 2.23. The first-order valence-electron chi connectivity index (χ1n) is 5.72. The van der Waals surface area contributed by atoms with Crippen LogP contribution in [0.2, 0.25) is 0 Å². The van der Waals surface area contributed by atoms with Gasteiger partial charge in [-0.25, -0.2) is 8.42 Å². The highest BCUT2D eigenvalue weighted by Crippen LogP contribution is 2.24. The summed E-state index contributed by atoms with van der Waals surface area (Å²) in [5.41, 5.74) is 1.75. The van der Waals surface area contributed by atoms with E-state index in [1.54, 1.807) is 13.8 Å². The summed E-state index contributed by atoms with van der Waals surface area (Å²) in [7, 11) is -4.06. The van der Waals surface area contributed by atoms with Crippen LogP contribution in [-0.2, 0) is 14.8 Å². The van der Waals surface area contributed by atoms with Crippen LogP contribution in [0.4, 0.5) is 5.69 Å². The molecule has 0 aromatic heterocycles. The van der Waals surface area contributed by atoms with Gasteiger partial charge >= 0.3 is 0 Å². The third-order valence-electron chi connectivity index (χ3n) is 2.57. The molecular formula is C11H15N3O5S. The molecule has 0 atom stereocenters. The van der Waals surface area contributed by atoms with E-state index in [2.05, 4.69) is 5.43 Å². The zero-order valence-corrected chi connectivity index (χ0v) is 12.0. The van der Waals surface area contributed by atoms with Crippen molar-refractivity contribution in [1.29, 1.82) is 0 Å². The number of nitro groups is 1. The summed E-state index contributed by atoms with van der Waals surface area (Å²) in [5.74, 6) is -0.902. The van der Waals surface area contributed by atoms with Gasteiger partial charge in [0.2, 0.25) is 5.91 Å². The molecule has 0 heterocycles. The van der Waals surface area contributed by atoms with Crippen LogP contribution in [0.5, 0.6) is 0 Å². The van der Waals surface area contributed by atoms with Gasteiger partial charge in [0.1, 0.15) is 0 Å². The van der Waals surface area contributed by atoms with Gasteiger partial charge in [-0.2, -0.15) is 0 Å². The SMILES string of the molecule is Cc1c([N+](=O)[O-])cccc1S(=O)(=O)NNC(=O)C(C)C. The van der Waals surface area contributed by atoms with E-state index < -0.39 is 26.8 Å². The lowest BCUT2D eigenvalue weighted by molar-refractivity contribution is -0.385. The van der Waals surface area contributed by atoms with Crippen LogP contribution in [0.25, 0.3) is 0 Å². The summed E-state index contributed by atoms with van der Waals surface area (Å²) in [6.07, 6.45) is 0. The lowest BCUT2D eigenvalue weighted by Gasteiger charge is -2.11. The number of sulfonamides is 1. The number of carbonyl (C=O) groups is 1. The number of hydrogen-bond donors (Lipinski definition) is 2. The van der Waals surface area contributed by atoms with Gasteiger partial charge in [0.15, 0.2) is 0 Å². The molecule has 0 bridgehead atoms. The highest BCUT2D eigenvalue weighted by molar-refractivity contribution is 7.89. The van der Waals surface area contributed by atoms with Crippen molar-refractivity contribution < 1.29 is 18.1 Å². The third-order valence-corrected chi connectivity index (χ3v) is 3.97. The van der Waals surface area contributed by atoms with Crippen molar-refractivity contribution in [2.75, 3.05) is 0 Å². The smallest absolute Gasteiger partial charge is 0.273 e. The van der Waals surface area contributed by atoms with Crippen molar-refractivity contribution in [2.24, 2.45) is 5.92 Å². The Morgan fingerprint density at radius 1 is 1.35 bits per heavy atom. The topological polar surface area (TPSA) is 118 Å². The number of nitrogens with one attached hydrogen (secondary N) is 2. The second-order valence-corrected chi connectivity index (χ2v) is 6.06. The summed E-state index contributed by atoms with van der Waals surface area (Å²) < 4.78 is 24.0. The molecule has 0 spiro atoms. The van der Waals surface area contributed by atoms with E-state index in [1.165, 1.54) is 25.1 Å². The molecule has 0 radical (unpaired) electrons. The summed E-state index contributed by atoms with van der Waals surface area (Å²) >= 11 is 0. The Morgan fingerprint density at radius 3 is 2.45 bits per heavy atom. The maximum absolute atomic E-state index is 12.0. The zero-order chi connectivity index (χ0) is 15.5. The van der Waals surface area contributed by atoms with Crippen molar-refractivity contribution in [1.82, 2.24) is 10.3 Å². The first kappa shape index (κ1) is 16.1. The van der Waals surface area contributed by atoms with Gasteiger partial charge in [0.25, 0.3) is 15.7 Å². The average Bonchev–Trinajstić information content (AvgIpc) is 2.35. The van der Waals surface area contributed by atoms with Crippen molar-refractivity contribution in [3.63, 3.8) is 0 Å². The van der Waals surface area contributed by atoms with Gasteiger partial charge in [-0.15, -0.1) is 4.83 Å². The van der Waals surface area contributed by atoms with Crippen molar-refractivity contribution >= 4 is 21.6 Å². The summed E-state index contributed by atoms with van der Waals surface area (Å²) in [6.45, 7) is 4.53. The quantitative estimate of drug-likeness (QED) is 0.618.